The van der Waals surface area contributed by atoms with Gasteiger partial charge in [0.15, 0.2) is 0 Å². The van der Waals surface area contributed by atoms with E-state index in [-0.39, 0.29) is 0 Å². The summed E-state index contributed by atoms with van der Waals surface area (Å²) < 4.78 is 11.9. The van der Waals surface area contributed by atoms with Gasteiger partial charge in [0.25, 0.3) is 0 Å². The minimum atomic E-state index is 0.990. The van der Waals surface area contributed by atoms with Gasteiger partial charge in [-0.1, -0.05) is 191 Å². The van der Waals surface area contributed by atoms with E-state index in [0.717, 1.165) is 154 Å². The average molecular weight is 1710 g/mol. The van der Waals surface area contributed by atoms with Crippen molar-refractivity contribution >= 4 is 191 Å². The number of hydrogen-bond donors (Lipinski definition) is 0. The largest absolute Gasteiger partial charge is 0.0508 e. The molecule has 0 fully saturated rings. The molecular weight excluding hydrogens is 1680 g/mol. The Morgan fingerprint density at radius 1 is 0.0972 bits per heavy atom. The van der Waals surface area contributed by atoms with E-state index in [1.165, 1.54) is 0 Å². The highest BCUT2D eigenvalue weighted by Crippen LogP contribution is 2.44. The van der Waals surface area contributed by atoms with Gasteiger partial charge < -0.3 is 0 Å². The molecule has 0 spiro atoms. The molecule has 12 heteroatoms. The maximum absolute atomic E-state index is 3.79. The number of rotatable bonds is 9. The summed E-state index contributed by atoms with van der Waals surface area (Å²) in [6, 6.07) is 66.3. The van der Waals surface area contributed by atoms with Crippen LogP contribution in [0.5, 0.6) is 0 Å². The normalized spacial score (nSPS) is 11.3. The van der Waals surface area contributed by atoms with Crippen LogP contribution in [0.4, 0.5) is 0 Å². The summed E-state index contributed by atoms with van der Waals surface area (Å²) in [4.78, 5) is 0. The highest BCUT2D eigenvalue weighted by Gasteiger charge is 2.18. The predicted octanol–water partition coefficient (Wildman–Crippen LogP) is 25.8. The highest BCUT2D eigenvalue weighted by molar-refractivity contribution is 9.12. The van der Waals surface area contributed by atoms with Crippen LogP contribution < -0.4 is 0 Å². The molecule has 0 atom stereocenters. The first-order valence-corrected chi connectivity index (χ1v) is 31.4. The van der Waals surface area contributed by atoms with Gasteiger partial charge in [0.1, 0.15) is 0 Å². The molecular formula is C60H30Br12. The molecule has 0 aromatic heterocycles. The van der Waals surface area contributed by atoms with Crippen molar-refractivity contribution in [2.24, 2.45) is 0 Å². The van der Waals surface area contributed by atoms with E-state index >= 15 is 0 Å². The van der Waals surface area contributed by atoms with Crippen molar-refractivity contribution in [2.45, 2.75) is 0 Å². The van der Waals surface area contributed by atoms with E-state index < -0.39 is 0 Å². The molecule has 354 valence electrons. The molecule has 0 saturated heterocycles. The van der Waals surface area contributed by atoms with Crippen molar-refractivity contribution < 1.29 is 0 Å². The lowest BCUT2D eigenvalue weighted by molar-refractivity contribution is 1.51. The smallest absolute Gasteiger partial charge is 0.0192 e. The number of halogens is 12. The lowest BCUT2D eigenvalue weighted by atomic mass is 9.87. The Hall–Kier alpha value is -2.04. The molecule has 72 heavy (non-hydrogen) atoms. The third kappa shape index (κ3) is 12.9. The molecule has 0 radical (unpaired) electrons. The minimum Gasteiger partial charge on any atom is -0.0508 e. The summed E-state index contributed by atoms with van der Waals surface area (Å²) in [6.45, 7) is 0. The van der Waals surface area contributed by atoms with E-state index in [4.69, 9.17) is 0 Å². The molecule has 0 saturated carbocycles. The third-order valence-electron chi connectivity index (χ3n) is 11.9. The zero-order chi connectivity index (χ0) is 50.5. The minimum absolute atomic E-state index is 0.990. The maximum atomic E-state index is 3.79. The Balaban J connectivity index is 1.29. The van der Waals surface area contributed by atoms with Gasteiger partial charge in [0.05, 0.1) is 0 Å². The fourth-order valence-corrected chi connectivity index (χ4v) is 16.6. The van der Waals surface area contributed by atoms with E-state index in [1.807, 2.05) is 0 Å². The molecule has 10 aromatic carbocycles. The Bertz CT molecular complexity index is 3070. The zero-order valence-corrected chi connectivity index (χ0v) is 55.9. The van der Waals surface area contributed by atoms with Crippen molar-refractivity contribution in [3.8, 4) is 100 Å². The molecule has 10 aromatic rings. The van der Waals surface area contributed by atoms with E-state index in [0.29, 0.717) is 0 Å². The number of benzene rings is 10. The van der Waals surface area contributed by atoms with Gasteiger partial charge in [-0.25, -0.2) is 0 Å². The SMILES string of the molecule is Brc1cc(Br)cc(-c2cc(-c3cc(Br)cc(Br)c3)cc(-c3cc(-c4cc(-c5cc(Br)cc(Br)c5)cc(-c5cc(Br)cc(Br)c5)c4)cc(-c4cc(-c5cc(Br)cc(Br)c5)cc(-c5cc(Br)cc(Br)c5)c4)c3)c2)c1. The molecule has 10 rings (SSSR count). The predicted molar refractivity (Wildman–Crippen MR) is 348 cm³/mol. The van der Waals surface area contributed by atoms with Gasteiger partial charge in [-0.2, -0.15) is 0 Å². The monoisotopic (exact) mass is 1700 g/mol. The summed E-state index contributed by atoms with van der Waals surface area (Å²) in [5, 5.41) is 0. The maximum Gasteiger partial charge on any atom is 0.0192 e. The van der Waals surface area contributed by atoms with Crippen LogP contribution in [-0.2, 0) is 0 Å². The van der Waals surface area contributed by atoms with Crippen LogP contribution >= 0.6 is 191 Å². The molecule has 0 unspecified atom stereocenters. The van der Waals surface area contributed by atoms with Crippen LogP contribution in [0.1, 0.15) is 0 Å². The van der Waals surface area contributed by atoms with Crippen molar-refractivity contribution in [3.63, 3.8) is 0 Å². The zero-order valence-electron chi connectivity index (χ0n) is 36.9. The Morgan fingerprint density at radius 2 is 0.167 bits per heavy atom. The second-order valence-electron chi connectivity index (χ2n) is 17.1. The van der Waals surface area contributed by atoms with Crippen molar-refractivity contribution in [1.82, 2.24) is 0 Å². The van der Waals surface area contributed by atoms with Gasteiger partial charge in [-0.05, 0) is 282 Å². The third-order valence-corrected chi connectivity index (χ3v) is 17.4. The summed E-state index contributed by atoms with van der Waals surface area (Å²) in [7, 11) is 0. The highest BCUT2D eigenvalue weighted by atomic mass is 79.9. The van der Waals surface area contributed by atoms with Crippen LogP contribution in [-0.4, -0.2) is 0 Å². The topological polar surface area (TPSA) is 0 Å². The second-order valence-corrected chi connectivity index (χ2v) is 28.1. The standard InChI is InChI=1S/C60H30Br12/c61-49-13-43(14-50(62)25-49)37-4-34(5-38(10-37)44-15-51(63)26-52(64)16-44)31-1-32(35-6-39(45-17-53(65)27-54(66)18-45)11-40(7-35)46-19-55(67)28-56(68)20-46)3-33(2-31)36-8-41(47-21-57(69)29-58(70)22-47)12-42(9-36)48-23-59(71)30-60(72)24-48/h1-30H. The molecule has 0 amide bonds. The summed E-state index contributed by atoms with van der Waals surface area (Å²) in [5.74, 6) is 0. The first-order chi connectivity index (χ1) is 34.4. The fourth-order valence-electron chi connectivity index (χ4n) is 8.83. The first kappa shape index (κ1) is 53.4. The van der Waals surface area contributed by atoms with Crippen molar-refractivity contribution in [3.05, 3.63) is 236 Å². The molecule has 0 aliphatic rings. The van der Waals surface area contributed by atoms with Gasteiger partial charge in [0, 0.05) is 53.7 Å². The summed E-state index contributed by atoms with van der Waals surface area (Å²) in [5.41, 5.74) is 19.4. The summed E-state index contributed by atoms with van der Waals surface area (Å²) >= 11 is 45.4. The van der Waals surface area contributed by atoms with E-state index in [1.54, 1.807) is 0 Å². The van der Waals surface area contributed by atoms with Crippen LogP contribution in [0.2, 0.25) is 0 Å². The van der Waals surface area contributed by atoms with E-state index in [2.05, 4.69) is 373 Å². The summed E-state index contributed by atoms with van der Waals surface area (Å²) in [6.07, 6.45) is 0. The molecule has 0 nitrogen and oxygen atoms in total. The quantitative estimate of drug-likeness (QED) is 0.135. The van der Waals surface area contributed by atoms with Crippen molar-refractivity contribution in [1.29, 1.82) is 0 Å². The Labute approximate surface area is 519 Å². The molecule has 0 aliphatic heterocycles. The number of hydrogen-bond acceptors (Lipinski definition) is 0. The van der Waals surface area contributed by atoms with Crippen LogP contribution in [0, 0.1) is 0 Å². The fraction of sp³-hybridized carbons (Fsp3) is 0. The lowest BCUT2D eigenvalue weighted by Gasteiger charge is -2.18. The molecule has 0 N–H and O–H groups in total. The Morgan fingerprint density at radius 3 is 0.250 bits per heavy atom. The average Bonchev–Trinajstić information content (AvgIpc) is 3.31. The van der Waals surface area contributed by atoms with Crippen molar-refractivity contribution in [2.75, 3.05) is 0 Å². The van der Waals surface area contributed by atoms with Gasteiger partial charge >= 0.3 is 0 Å². The van der Waals surface area contributed by atoms with Crippen LogP contribution in [0.15, 0.2) is 236 Å². The first-order valence-electron chi connectivity index (χ1n) is 21.8. The lowest BCUT2D eigenvalue weighted by Crippen LogP contribution is -1.92. The second kappa shape index (κ2) is 22.9. The Kier molecular flexibility index (Phi) is 17.0. The van der Waals surface area contributed by atoms with Crippen LogP contribution in [0.25, 0.3) is 100 Å². The van der Waals surface area contributed by atoms with Gasteiger partial charge in [0.2, 0.25) is 0 Å². The molecule has 0 heterocycles. The molecule has 0 aliphatic carbocycles. The van der Waals surface area contributed by atoms with E-state index in [9.17, 15) is 0 Å². The van der Waals surface area contributed by atoms with Gasteiger partial charge in [-0.3, -0.25) is 0 Å². The van der Waals surface area contributed by atoms with Gasteiger partial charge in [-0.15, -0.1) is 0 Å². The molecule has 0 bridgehead atoms. The van der Waals surface area contributed by atoms with Crippen LogP contribution in [0.3, 0.4) is 0 Å².